The first-order valence-corrected chi connectivity index (χ1v) is 8.70. The van der Waals surface area contributed by atoms with Crippen LogP contribution >= 0.6 is 0 Å². The molecule has 0 saturated carbocycles. The van der Waals surface area contributed by atoms with E-state index < -0.39 is 0 Å². The summed E-state index contributed by atoms with van der Waals surface area (Å²) in [5.41, 5.74) is 0.911. The number of amides is 1. The molecule has 3 rings (SSSR count). The van der Waals surface area contributed by atoms with Crippen LogP contribution in [0, 0.1) is 0 Å². The van der Waals surface area contributed by atoms with Crippen LogP contribution in [0.2, 0.25) is 0 Å². The molecular formula is C18H28N4O. The van der Waals surface area contributed by atoms with Gasteiger partial charge in [-0.2, -0.15) is 0 Å². The van der Waals surface area contributed by atoms with Crippen LogP contribution in [0.15, 0.2) is 24.5 Å². The van der Waals surface area contributed by atoms with Crippen LogP contribution in [0.3, 0.4) is 0 Å². The quantitative estimate of drug-likeness (QED) is 0.848. The minimum Gasteiger partial charge on any atom is -0.337 e. The fourth-order valence-electron chi connectivity index (χ4n) is 4.08. The Morgan fingerprint density at radius 3 is 2.78 bits per heavy atom. The van der Waals surface area contributed by atoms with Gasteiger partial charge in [-0.05, 0) is 58.5 Å². The second-order valence-corrected chi connectivity index (χ2v) is 7.19. The lowest BCUT2D eigenvalue weighted by atomic mass is 9.86. The second-order valence-electron chi connectivity index (χ2n) is 7.19. The van der Waals surface area contributed by atoms with Crippen LogP contribution in [0.4, 0.5) is 0 Å². The predicted molar refractivity (Wildman–Crippen MR) is 91.5 cm³/mol. The zero-order chi connectivity index (χ0) is 16.3. The van der Waals surface area contributed by atoms with Crippen molar-refractivity contribution in [2.24, 2.45) is 0 Å². The Hall–Kier alpha value is -1.46. The summed E-state index contributed by atoms with van der Waals surface area (Å²) in [7, 11) is 4.25. The number of aromatic nitrogens is 1. The molecule has 1 aromatic heterocycles. The topological polar surface area (TPSA) is 39.7 Å². The van der Waals surface area contributed by atoms with Crippen molar-refractivity contribution in [3.05, 3.63) is 30.1 Å². The van der Waals surface area contributed by atoms with Gasteiger partial charge < -0.3 is 9.80 Å². The number of nitrogens with zero attached hydrogens (tertiary/aromatic N) is 4. The number of piperidine rings is 1. The lowest BCUT2D eigenvalue weighted by Crippen LogP contribution is -2.57. The number of hydrogen-bond acceptors (Lipinski definition) is 4. The van der Waals surface area contributed by atoms with Crippen molar-refractivity contribution in [2.75, 3.05) is 46.8 Å². The average molecular weight is 316 g/mol. The van der Waals surface area contributed by atoms with Crippen LogP contribution in [0.1, 0.15) is 36.0 Å². The SMILES string of the molecule is CN(C)CCN1CCC[C@]12CCCN(C(=O)c1cccnc1)C2. The minimum atomic E-state index is 0.136. The van der Waals surface area contributed by atoms with E-state index in [1.165, 1.54) is 25.8 Å². The van der Waals surface area contributed by atoms with Crippen molar-refractivity contribution in [3.63, 3.8) is 0 Å². The van der Waals surface area contributed by atoms with Crippen molar-refractivity contribution in [1.82, 2.24) is 19.7 Å². The number of carbonyl (C=O) groups is 1. The van der Waals surface area contributed by atoms with Crippen molar-refractivity contribution in [3.8, 4) is 0 Å². The molecule has 1 aromatic rings. The van der Waals surface area contributed by atoms with Crippen LogP contribution in [-0.4, -0.2) is 77.9 Å². The Balaban J connectivity index is 1.70. The molecule has 1 atom stereocenters. The average Bonchev–Trinajstić information content (AvgIpc) is 2.95. The maximum Gasteiger partial charge on any atom is 0.255 e. The molecule has 0 radical (unpaired) electrons. The van der Waals surface area contributed by atoms with Gasteiger partial charge in [0.25, 0.3) is 5.91 Å². The monoisotopic (exact) mass is 316 g/mol. The molecule has 0 N–H and O–H groups in total. The largest absolute Gasteiger partial charge is 0.337 e. The van der Waals surface area contributed by atoms with Gasteiger partial charge in [0.05, 0.1) is 5.56 Å². The number of carbonyl (C=O) groups excluding carboxylic acids is 1. The van der Waals surface area contributed by atoms with Crippen LogP contribution in [0.25, 0.3) is 0 Å². The van der Waals surface area contributed by atoms with Gasteiger partial charge in [0, 0.05) is 44.1 Å². The third kappa shape index (κ3) is 3.56. The Labute approximate surface area is 139 Å². The van der Waals surface area contributed by atoms with Gasteiger partial charge in [-0.1, -0.05) is 0 Å². The maximum absolute atomic E-state index is 12.8. The van der Waals surface area contributed by atoms with E-state index in [1.807, 2.05) is 12.1 Å². The molecule has 1 amide bonds. The van der Waals surface area contributed by atoms with Crippen LogP contribution in [0.5, 0.6) is 0 Å². The molecule has 0 unspecified atom stereocenters. The summed E-state index contributed by atoms with van der Waals surface area (Å²) >= 11 is 0. The number of likely N-dealkylation sites (tertiary alicyclic amines) is 2. The third-order valence-electron chi connectivity index (χ3n) is 5.31. The first-order valence-electron chi connectivity index (χ1n) is 8.70. The molecule has 5 nitrogen and oxygen atoms in total. The van der Waals surface area contributed by atoms with E-state index in [1.54, 1.807) is 12.4 Å². The lowest BCUT2D eigenvalue weighted by Gasteiger charge is -2.46. The summed E-state index contributed by atoms with van der Waals surface area (Å²) in [4.78, 5) is 23.8. The summed E-state index contributed by atoms with van der Waals surface area (Å²) < 4.78 is 0. The fraction of sp³-hybridized carbons (Fsp3) is 0.667. The number of rotatable bonds is 4. The number of hydrogen-bond donors (Lipinski definition) is 0. The molecule has 126 valence electrons. The normalized spacial score (nSPS) is 25.4. The second kappa shape index (κ2) is 6.97. The van der Waals surface area contributed by atoms with E-state index >= 15 is 0 Å². The van der Waals surface area contributed by atoms with Gasteiger partial charge >= 0.3 is 0 Å². The van der Waals surface area contributed by atoms with Gasteiger partial charge in [-0.3, -0.25) is 14.7 Å². The highest BCUT2D eigenvalue weighted by molar-refractivity contribution is 5.94. The summed E-state index contributed by atoms with van der Waals surface area (Å²) in [5.74, 6) is 0.136. The molecular weight excluding hydrogens is 288 g/mol. The standard InChI is InChI=1S/C18H28N4O/c1-20(2)12-13-22-11-5-8-18(22)7-4-10-21(15-18)17(23)16-6-3-9-19-14-16/h3,6,9,14H,4-5,7-8,10-13,15H2,1-2H3/t18-/m0/s1. The molecule has 2 aliphatic heterocycles. The van der Waals surface area contributed by atoms with Crippen molar-refractivity contribution in [2.45, 2.75) is 31.2 Å². The Kier molecular flexibility index (Phi) is 4.97. The number of pyridine rings is 1. The zero-order valence-corrected chi connectivity index (χ0v) is 14.4. The minimum absolute atomic E-state index is 0.136. The molecule has 2 aliphatic rings. The molecule has 2 fully saturated rings. The molecule has 2 saturated heterocycles. The van der Waals surface area contributed by atoms with Gasteiger partial charge in [0.1, 0.15) is 0 Å². The predicted octanol–water partition coefficient (Wildman–Crippen LogP) is 1.71. The first-order chi connectivity index (χ1) is 11.1. The summed E-state index contributed by atoms with van der Waals surface area (Å²) in [6.07, 6.45) is 8.19. The van der Waals surface area contributed by atoms with E-state index in [0.717, 1.165) is 32.6 Å². The van der Waals surface area contributed by atoms with Crippen molar-refractivity contribution < 1.29 is 4.79 Å². The van der Waals surface area contributed by atoms with Crippen molar-refractivity contribution in [1.29, 1.82) is 0 Å². The van der Waals surface area contributed by atoms with Crippen LogP contribution < -0.4 is 0 Å². The smallest absolute Gasteiger partial charge is 0.255 e. The molecule has 5 heteroatoms. The van der Waals surface area contributed by atoms with E-state index in [9.17, 15) is 4.79 Å². The molecule has 3 heterocycles. The highest BCUT2D eigenvalue weighted by atomic mass is 16.2. The van der Waals surface area contributed by atoms with Gasteiger partial charge in [0.15, 0.2) is 0 Å². The Morgan fingerprint density at radius 1 is 1.30 bits per heavy atom. The molecule has 0 bridgehead atoms. The maximum atomic E-state index is 12.8. The third-order valence-corrected chi connectivity index (χ3v) is 5.31. The van der Waals surface area contributed by atoms with E-state index in [0.29, 0.717) is 5.56 Å². The van der Waals surface area contributed by atoms with E-state index in [4.69, 9.17) is 0 Å². The highest BCUT2D eigenvalue weighted by Crippen LogP contribution is 2.37. The van der Waals surface area contributed by atoms with Crippen molar-refractivity contribution >= 4 is 5.91 Å². The van der Waals surface area contributed by atoms with E-state index in [-0.39, 0.29) is 11.4 Å². The van der Waals surface area contributed by atoms with E-state index in [2.05, 4.69) is 33.8 Å². The summed E-state index contributed by atoms with van der Waals surface area (Å²) in [5, 5.41) is 0. The zero-order valence-electron chi connectivity index (χ0n) is 14.4. The number of likely N-dealkylation sites (N-methyl/N-ethyl adjacent to an activating group) is 1. The van der Waals surface area contributed by atoms with Crippen LogP contribution in [-0.2, 0) is 0 Å². The Bertz CT molecular complexity index is 533. The highest BCUT2D eigenvalue weighted by Gasteiger charge is 2.44. The Morgan fingerprint density at radius 2 is 2.09 bits per heavy atom. The molecule has 0 aliphatic carbocycles. The first kappa shape index (κ1) is 16.4. The molecule has 1 spiro atoms. The van der Waals surface area contributed by atoms with Gasteiger partial charge in [-0.15, -0.1) is 0 Å². The van der Waals surface area contributed by atoms with Gasteiger partial charge in [0.2, 0.25) is 0 Å². The lowest BCUT2D eigenvalue weighted by molar-refractivity contribution is 0.0306. The molecule has 0 aromatic carbocycles. The van der Waals surface area contributed by atoms with Gasteiger partial charge in [-0.25, -0.2) is 0 Å². The summed E-state index contributed by atoms with van der Waals surface area (Å²) in [6.45, 7) is 5.09. The summed E-state index contributed by atoms with van der Waals surface area (Å²) in [6, 6.07) is 3.71. The fourth-order valence-corrected chi connectivity index (χ4v) is 4.08. The molecule has 23 heavy (non-hydrogen) atoms.